The fourth-order valence-electron chi connectivity index (χ4n) is 2.18. The Morgan fingerprint density at radius 1 is 1.33 bits per heavy atom. The van der Waals surface area contributed by atoms with Gasteiger partial charge in [0.2, 0.25) is 0 Å². The van der Waals surface area contributed by atoms with Crippen molar-refractivity contribution in [3.63, 3.8) is 0 Å². The molecule has 5 heteroatoms. The van der Waals surface area contributed by atoms with Crippen molar-refractivity contribution in [2.75, 3.05) is 26.2 Å². The minimum absolute atomic E-state index is 0.272. The van der Waals surface area contributed by atoms with E-state index in [1.165, 1.54) is 0 Å². The Hall–Kier alpha value is -0.480. The standard InChI is InChI=1S/C13H18Cl2N2O/c1-9-7-17(8-12(9)16)5-6-18-13-10(14)3-2-4-11(13)15/h2-4,9,12H,5-8,16H2,1H3. The van der Waals surface area contributed by atoms with Crippen LogP contribution in [0, 0.1) is 5.92 Å². The normalized spacial score (nSPS) is 24.4. The molecule has 2 rings (SSSR count). The largest absolute Gasteiger partial charge is 0.489 e. The Bertz CT molecular complexity index is 384. The molecule has 0 aliphatic carbocycles. The summed E-state index contributed by atoms with van der Waals surface area (Å²) in [6.45, 7) is 5.56. The van der Waals surface area contributed by atoms with Gasteiger partial charge in [-0.15, -0.1) is 0 Å². The highest BCUT2D eigenvalue weighted by Gasteiger charge is 2.26. The third-order valence-electron chi connectivity index (χ3n) is 3.32. The lowest BCUT2D eigenvalue weighted by Gasteiger charge is -2.16. The minimum atomic E-state index is 0.272. The van der Waals surface area contributed by atoms with Gasteiger partial charge in [0.05, 0.1) is 10.0 Å². The van der Waals surface area contributed by atoms with Crippen molar-refractivity contribution in [1.29, 1.82) is 0 Å². The van der Waals surface area contributed by atoms with Crippen molar-refractivity contribution in [1.82, 2.24) is 4.90 Å². The van der Waals surface area contributed by atoms with Crippen LogP contribution in [0.3, 0.4) is 0 Å². The summed E-state index contributed by atoms with van der Waals surface area (Å²) in [6, 6.07) is 5.63. The van der Waals surface area contributed by atoms with Crippen LogP contribution in [-0.2, 0) is 0 Å². The summed E-state index contributed by atoms with van der Waals surface area (Å²) in [4.78, 5) is 2.31. The first-order valence-electron chi connectivity index (χ1n) is 6.12. The maximum absolute atomic E-state index is 6.03. The average Bonchev–Trinajstić information content (AvgIpc) is 2.62. The van der Waals surface area contributed by atoms with E-state index in [0.717, 1.165) is 19.6 Å². The van der Waals surface area contributed by atoms with Gasteiger partial charge in [-0.3, -0.25) is 4.90 Å². The second-order valence-electron chi connectivity index (χ2n) is 4.80. The molecule has 1 aromatic rings. The monoisotopic (exact) mass is 288 g/mol. The molecule has 1 aliphatic rings. The van der Waals surface area contributed by atoms with Gasteiger partial charge in [0.25, 0.3) is 0 Å². The van der Waals surface area contributed by atoms with Gasteiger partial charge in [0.1, 0.15) is 6.61 Å². The summed E-state index contributed by atoms with van der Waals surface area (Å²) in [5.41, 5.74) is 5.98. The number of halogens is 2. The Morgan fingerprint density at radius 2 is 2.00 bits per heavy atom. The molecule has 1 aromatic carbocycles. The molecule has 2 unspecified atom stereocenters. The lowest BCUT2D eigenvalue weighted by Crippen LogP contribution is -2.30. The van der Waals surface area contributed by atoms with E-state index < -0.39 is 0 Å². The smallest absolute Gasteiger partial charge is 0.156 e. The van der Waals surface area contributed by atoms with Gasteiger partial charge in [-0.05, 0) is 18.1 Å². The van der Waals surface area contributed by atoms with E-state index in [4.69, 9.17) is 33.7 Å². The number of benzene rings is 1. The molecule has 1 saturated heterocycles. The summed E-state index contributed by atoms with van der Waals surface area (Å²) in [6.07, 6.45) is 0. The number of ether oxygens (including phenoxy) is 1. The van der Waals surface area contributed by atoms with Crippen molar-refractivity contribution in [3.05, 3.63) is 28.2 Å². The summed E-state index contributed by atoms with van der Waals surface area (Å²) in [7, 11) is 0. The van der Waals surface area contributed by atoms with Gasteiger partial charge in [-0.1, -0.05) is 36.2 Å². The van der Waals surface area contributed by atoms with E-state index in [9.17, 15) is 0 Å². The molecule has 2 atom stereocenters. The minimum Gasteiger partial charge on any atom is -0.489 e. The first-order chi connectivity index (χ1) is 8.58. The van der Waals surface area contributed by atoms with Crippen LogP contribution in [0.1, 0.15) is 6.92 Å². The summed E-state index contributed by atoms with van der Waals surface area (Å²) in [5.74, 6) is 1.12. The molecule has 1 fully saturated rings. The van der Waals surface area contributed by atoms with Crippen LogP contribution in [0.2, 0.25) is 10.0 Å². The van der Waals surface area contributed by atoms with E-state index in [1.807, 2.05) is 0 Å². The molecule has 0 spiro atoms. The number of likely N-dealkylation sites (tertiary alicyclic amines) is 1. The number of rotatable bonds is 4. The molecule has 0 aromatic heterocycles. The van der Waals surface area contributed by atoms with Crippen molar-refractivity contribution in [2.45, 2.75) is 13.0 Å². The lowest BCUT2D eigenvalue weighted by molar-refractivity contribution is 0.233. The van der Waals surface area contributed by atoms with Crippen molar-refractivity contribution in [2.24, 2.45) is 11.7 Å². The van der Waals surface area contributed by atoms with Crippen LogP contribution in [-0.4, -0.2) is 37.2 Å². The number of nitrogens with zero attached hydrogens (tertiary/aromatic N) is 1. The van der Waals surface area contributed by atoms with Gasteiger partial charge in [0, 0.05) is 25.7 Å². The highest BCUT2D eigenvalue weighted by Crippen LogP contribution is 2.32. The Balaban J connectivity index is 1.82. The highest BCUT2D eigenvalue weighted by molar-refractivity contribution is 6.37. The summed E-state index contributed by atoms with van der Waals surface area (Å²) < 4.78 is 5.65. The summed E-state index contributed by atoms with van der Waals surface area (Å²) in [5, 5.41) is 1.10. The van der Waals surface area contributed by atoms with Gasteiger partial charge in [0.15, 0.2) is 5.75 Å². The Kier molecular flexibility index (Phi) is 4.73. The lowest BCUT2D eigenvalue weighted by atomic mass is 10.1. The molecular formula is C13H18Cl2N2O. The average molecular weight is 289 g/mol. The van der Waals surface area contributed by atoms with Crippen molar-refractivity contribution >= 4 is 23.2 Å². The fraction of sp³-hybridized carbons (Fsp3) is 0.538. The maximum atomic E-state index is 6.03. The highest BCUT2D eigenvalue weighted by atomic mass is 35.5. The zero-order chi connectivity index (χ0) is 13.1. The van der Waals surface area contributed by atoms with Crippen LogP contribution in [0.25, 0.3) is 0 Å². The molecule has 0 radical (unpaired) electrons. The number of hydrogen-bond acceptors (Lipinski definition) is 3. The molecule has 2 N–H and O–H groups in total. The zero-order valence-corrected chi connectivity index (χ0v) is 11.9. The van der Waals surface area contributed by atoms with Crippen LogP contribution in [0.5, 0.6) is 5.75 Å². The Morgan fingerprint density at radius 3 is 2.56 bits per heavy atom. The first kappa shape index (κ1) is 13.9. The van der Waals surface area contributed by atoms with E-state index >= 15 is 0 Å². The SMILES string of the molecule is CC1CN(CCOc2c(Cl)cccc2Cl)CC1N. The molecular weight excluding hydrogens is 271 g/mol. The molecule has 3 nitrogen and oxygen atoms in total. The molecule has 0 saturated carbocycles. The van der Waals surface area contributed by atoms with E-state index in [0.29, 0.717) is 28.3 Å². The second kappa shape index (κ2) is 6.11. The molecule has 18 heavy (non-hydrogen) atoms. The quantitative estimate of drug-likeness (QED) is 0.926. The maximum Gasteiger partial charge on any atom is 0.156 e. The van der Waals surface area contributed by atoms with Gasteiger partial charge >= 0.3 is 0 Å². The predicted octanol–water partition coefficient (Wildman–Crippen LogP) is 2.65. The summed E-state index contributed by atoms with van der Waals surface area (Å²) >= 11 is 12.1. The number of para-hydroxylation sites is 1. The van der Waals surface area contributed by atoms with Gasteiger partial charge < -0.3 is 10.5 Å². The van der Waals surface area contributed by atoms with Gasteiger partial charge in [-0.2, -0.15) is 0 Å². The zero-order valence-electron chi connectivity index (χ0n) is 10.4. The van der Waals surface area contributed by atoms with Gasteiger partial charge in [-0.25, -0.2) is 0 Å². The topological polar surface area (TPSA) is 38.5 Å². The van der Waals surface area contributed by atoms with Crippen LogP contribution >= 0.6 is 23.2 Å². The third kappa shape index (κ3) is 3.29. The van der Waals surface area contributed by atoms with Crippen LogP contribution < -0.4 is 10.5 Å². The molecule has 100 valence electrons. The van der Waals surface area contributed by atoms with Crippen LogP contribution in [0.15, 0.2) is 18.2 Å². The Labute approximate surface area is 118 Å². The van der Waals surface area contributed by atoms with E-state index in [-0.39, 0.29) is 6.04 Å². The van der Waals surface area contributed by atoms with E-state index in [2.05, 4.69) is 11.8 Å². The number of nitrogens with two attached hydrogens (primary N) is 1. The predicted molar refractivity (Wildman–Crippen MR) is 75.5 cm³/mol. The number of hydrogen-bond donors (Lipinski definition) is 1. The molecule has 1 aliphatic heterocycles. The molecule has 1 heterocycles. The second-order valence-corrected chi connectivity index (χ2v) is 5.61. The van der Waals surface area contributed by atoms with E-state index in [1.54, 1.807) is 18.2 Å². The fourth-order valence-corrected chi connectivity index (χ4v) is 2.68. The third-order valence-corrected chi connectivity index (χ3v) is 3.91. The van der Waals surface area contributed by atoms with Crippen molar-refractivity contribution in [3.8, 4) is 5.75 Å². The molecule has 0 amide bonds. The molecule has 0 bridgehead atoms. The van der Waals surface area contributed by atoms with Crippen molar-refractivity contribution < 1.29 is 4.74 Å². The first-order valence-corrected chi connectivity index (χ1v) is 6.88. The van der Waals surface area contributed by atoms with Crippen LogP contribution in [0.4, 0.5) is 0 Å².